The number of aromatic amines is 1. The van der Waals surface area contributed by atoms with E-state index in [4.69, 9.17) is 0 Å². The van der Waals surface area contributed by atoms with E-state index in [9.17, 15) is 0 Å². The van der Waals surface area contributed by atoms with Crippen LogP contribution in [0.1, 0.15) is 12.6 Å². The van der Waals surface area contributed by atoms with Crippen molar-refractivity contribution in [1.29, 1.82) is 0 Å². The van der Waals surface area contributed by atoms with E-state index in [1.54, 1.807) is 0 Å². The van der Waals surface area contributed by atoms with Crippen molar-refractivity contribution in [1.82, 2.24) is 0 Å². The minimum Gasteiger partial charge on any atom is -0.215 e. The van der Waals surface area contributed by atoms with Crippen LogP contribution in [0.5, 0.6) is 0 Å². The van der Waals surface area contributed by atoms with Crippen LogP contribution < -0.4 is 4.98 Å². The first-order valence-corrected chi connectivity index (χ1v) is 2.89. The lowest BCUT2D eigenvalue weighted by Crippen LogP contribution is -2.06. The summed E-state index contributed by atoms with van der Waals surface area (Å²) in [6.07, 6.45) is 3.03. The Morgan fingerprint density at radius 1 is 1.50 bits per heavy atom. The molecule has 1 aromatic heterocycles. The van der Waals surface area contributed by atoms with Crippen LogP contribution in [-0.2, 0) is 6.42 Å². The molecule has 1 aromatic rings. The molecule has 0 fully saturated rings. The molecular formula is C7H10N+. The largest absolute Gasteiger partial charge is 0.215 e. The second kappa shape index (κ2) is 2.46. The Morgan fingerprint density at radius 3 is 2.75 bits per heavy atom. The molecule has 0 aliphatic carbocycles. The number of rotatable bonds is 1. The van der Waals surface area contributed by atoms with Crippen LogP contribution in [0.4, 0.5) is 0 Å². The van der Waals surface area contributed by atoms with E-state index in [-0.39, 0.29) is 0 Å². The highest BCUT2D eigenvalue weighted by Crippen LogP contribution is 1.86. The second-order valence-corrected chi connectivity index (χ2v) is 1.74. The summed E-state index contributed by atoms with van der Waals surface area (Å²) in [5.74, 6) is 0. The van der Waals surface area contributed by atoms with E-state index in [0.717, 1.165) is 6.42 Å². The van der Waals surface area contributed by atoms with Crippen molar-refractivity contribution in [2.24, 2.45) is 0 Å². The molecule has 42 valence electrons. The van der Waals surface area contributed by atoms with Gasteiger partial charge in [0.05, 0.1) is 0 Å². The van der Waals surface area contributed by atoms with Crippen molar-refractivity contribution in [3.8, 4) is 0 Å². The van der Waals surface area contributed by atoms with Crippen molar-refractivity contribution in [2.75, 3.05) is 0 Å². The van der Waals surface area contributed by atoms with Crippen LogP contribution in [0, 0.1) is 0 Å². The Hall–Kier alpha value is -0.850. The number of nitrogens with one attached hydrogen (secondary N) is 1. The smallest absolute Gasteiger partial charge is 0.179 e. The molecule has 0 radical (unpaired) electrons. The van der Waals surface area contributed by atoms with Gasteiger partial charge in [-0.05, 0) is 0 Å². The van der Waals surface area contributed by atoms with E-state index >= 15 is 0 Å². The van der Waals surface area contributed by atoms with Gasteiger partial charge in [0, 0.05) is 18.6 Å². The molecule has 1 heteroatoms. The molecule has 0 aliphatic rings. The number of aryl methyl sites for hydroxylation is 1. The van der Waals surface area contributed by atoms with E-state index < -0.39 is 0 Å². The lowest BCUT2D eigenvalue weighted by atomic mass is 10.3. The monoisotopic (exact) mass is 108 g/mol. The first kappa shape index (κ1) is 5.29. The van der Waals surface area contributed by atoms with Gasteiger partial charge in [-0.15, -0.1) is 0 Å². The summed E-state index contributed by atoms with van der Waals surface area (Å²) in [5, 5.41) is 0. The molecule has 1 rings (SSSR count). The molecule has 1 nitrogen and oxygen atoms in total. The molecule has 1 heterocycles. The Kier molecular flexibility index (Phi) is 1.62. The zero-order valence-electron chi connectivity index (χ0n) is 5.02. The van der Waals surface area contributed by atoms with Crippen LogP contribution in [0.3, 0.4) is 0 Å². The highest BCUT2D eigenvalue weighted by molar-refractivity contribution is 4.95. The Bertz CT molecular complexity index is 146. The summed E-state index contributed by atoms with van der Waals surface area (Å²) < 4.78 is 0. The molecule has 8 heavy (non-hydrogen) atoms. The van der Waals surface area contributed by atoms with Crippen LogP contribution in [0.2, 0.25) is 0 Å². The predicted octanol–water partition coefficient (Wildman–Crippen LogP) is 1.06. The number of hydrogen-bond acceptors (Lipinski definition) is 0. The SMILES string of the molecule is CCc1cccc[nH+]1. The standard InChI is InChI=1S/C7H9N/c1-2-7-5-3-4-6-8-7/h3-6H,2H2,1H3/p+1. The Morgan fingerprint density at radius 2 is 2.38 bits per heavy atom. The third kappa shape index (κ3) is 1.06. The molecule has 0 saturated carbocycles. The maximum absolute atomic E-state index is 3.12. The van der Waals surface area contributed by atoms with Crippen LogP contribution >= 0.6 is 0 Å². The van der Waals surface area contributed by atoms with Crippen molar-refractivity contribution in [3.63, 3.8) is 0 Å². The van der Waals surface area contributed by atoms with Crippen molar-refractivity contribution < 1.29 is 4.98 Å². The fourth-order valence-corrected chi connectivity index (χ4v) is 0.650. The fourth-order valence-electron chi connectivity index (χ4n) is 0.650. The zero-order chi connectivity index (χ0) is 5.82. The molecule has 0 aromatic carbocycles. The average molecular weight is 108 g/mol. The third-order valence-corrected chi connectivity index (χ3v) is 1.15. The fraction of sp³-hybridized carbons (Fsp3) is 0.286. The highest BCUT2D eigenvalue weighted by atomic mass is 14.6. The van der Waals surface area contributed by atoms with Gasteiger partial charge >= 0.3 is 0 Å². The molecule has 0 aliphatic heterocycles. The molecule has 1 N–H and O–H groups in total. The van der Waals surface area contributed by atoms with Gasteiger partial charge in [0.1, 0.15) is 0 Å². The Balaban J connectivity index is 2.83. The summed E-state index contributed by atoms with van der Waals surface area (Å²) in [5.41, 5.74) is 1.28. The molecule has 0 spiro atoms. The van der Waals surface area contributed by atoms with Crippen LogP contribution in [0.15, 0.2) is 24.4 Å². The van der Waals surface area contributed by atoms with E-state index in [0.29, 0.717) is 0 Å². The van der Waals surface area contributed by atoms with Crippen molar-refractivity contribution >= 4 is 0 Å². The lowest BCUT2D eigenvalue weighted by molar-refractivity contribution is -0.389. The third-order valence-electron chi connectivity index (χ3n) is 1.15. The van der Waals surface area contributed by atoms with Crippen molar-refractivity contribution in [2.45, 2.75) is 13.3 Å². The van der Waals surface area contributed by atoms with Crippen LogP contribution in [0.25, 0.3) is 0 Å². The molecule has 0 saturated heterocycles. The quantitative estimate of drug-likeness (QED) is 0.511. The predicted molar refractivity (Wildman–Crippen MR) is 32.4 cm³/mol. The summed E-state index contributed by atoms with van der Waals surface area (Å²) in [7, 11) is 0. The average Bonchev–Trinajstić information content (AvgIpc) is 1.90. The molecule has 0 atom stereocenters. The number of pyridine rings is 1. The Labute approximate surface area is 49.4 Å². The van der Waals surface area contributed by atoms with Gasteiger partial charge in [0.15, 0.2) is 11.9 Å². The van der Waals surface area contributed by atoms with E-state index in [1.807, 2.05) is 18.3 Å². The summed E-state index contributed by atoms with van der Waals surface area (Å²) in [4.78, 5) is 3.12. The van der Waals surface area contributed by atoms with Gasteiger partial charge in [-0.2, -0.15) is 0 Å². The molecule has 0 bridgehead atoms. The van der Waals surface area contributed by atoms with E-state index in [1.165, 1.54) is 5.69 Å². The lowest BCUT2D eigenvalue weighted by Gasteiger charge is -1.81. The number of H-pyrrole nitrogens is 1. The van der Waals surface area contributed by atoms with Gasteiger partial charge in [-0.1, -0.05) is 13.0 Å². The molecule has 0 unspecified atom stereocenters. The van der Waals surface area contributed by atoms with Gasteiger partial charge in [0.25, 0.3) is 0 Å². The summed E-state index contributed by atoms with van der Waals surface area (Å²) >= 11 is 0. The van der Waals surface area contributed by atoms with Gasteiger partial charge in [-0.25, -0.2) is 4.98 Å². The summed E-state index contributed by atoms with van der Waals surface area (Å²) in [6.45, 7) is 2.13. The van der Waals surface area contributed by atoms with Gasteiger partial charge in [0.2, 0.25) is 0 Å². The number of aromatic nitrogens is 1. The van der Waals surface area contributed by atoms with Crippen molar-refractivity contribution in [3.05, 3.63) is 30.1 Å². The second-order valence-electron chi connectivity index (χ2n) is 1.74. The maximum atomic E-state index is 3.12. The van der Waals surface area contributed by atoms with E-state index in [2.05, 4.69) is 18.0 Å². The topological polar surface area (TPSA) is 14.1 Å². The first-order valence-electron chi connectivity index (χ1n) is 2.89. The number of hydrogen-bond donors (Lipinski definition) is 0. The summed E-state index contributed by atoms with van der Waals surface area (Å²) in [6, 6.07) is 6.11. The maximum Gasteiger partial charge on any atom is 0.179 e. The molecule has 0 amide bonds. The molecular weight excluding hydrogens is 98.1 g/mol. The first-order chi connectivity index (χ1) is 3.93. The van der Waals surface area contributed by atoms with Gasteiger partial charge < -0.3 is 0 Å². The highest BCUT2D eigenvalue weighted by Gasteiger charge is 1.89. The minimum atomic E-state index is 1.08. The normalized spacial score (nSPS) is 9.12. The minimum absolute atomic E-state index is 1.08. The zero-order valence-corrected chi connectivity index (χ0v) is 5.02. The van der Waals surface area contributed by atoms with Crippen LogP contribution in [-0.4, -0.2) is 0 Å². The van der Waals surface area contributed by atoms with Gasteiger partial charge in [-0.3, -0.25) is 0 Å².